The zero-order valence-electron chi connectivity index (χ0n) is 28.7. The Labute approximate surface area is 332 Å². The normalized spacial score (nSPS) is 11.9. The minimum absolute atomic E-state index is 0. The van der Waals surface area contributed by atoms with Gasteiger partial charge in [0.05, 0.1) is 45.0 Å². The Morgan fingerprint density at radius 2 is 0.474 bits per heavy atom. The van der Waals surface area contributed by atoms with Crippen molar-refractivity contribution in [3.8, 4) is 44.5 Å². The Kier molecular flexibility index (Phi) is 9.61. The van der Waals surface area contributed by atoms with Crippen LogP contribution in [0.25, 0.3) is 90.9 Å². The van der Waals surface area contributed by atoms with E-state index in [1.54, 1.807) is 0 Å². The summed E-state index contributed by atoms with van der Waals surface area (Å²) in [6.45, 7) is 0. The van der Waals surface area contributed by atoms with Crippen LogP contribution in [-0.4, -0.2) is 9.97 Å². The molecule has 0 aliphatic carbocycles. The van der Waals surface area contributed by atoms with Gasteiger partial charge >= 0.3 is 21.1 Å². The third kappa shape index (κ3) is 6.30. The summed E-state index contributed by atoms with van der Waals surface area (Å²) in [5.41, 5.74) is -3.65. The second-order valence-electron chi connectivity index (χ2n) is 12.7. The van der Waals surface area contributed by atoms with Gasteiger partial charge in [-0.3, -0.25) is 0 Å². The molecule has 8 bridgehead atoms. The molecule has 0 atom stereocenters. The van der Waals surface area contributed by atoms with Crippen molar-refractivity contribution in [2.75, 3.05) is 0 Å². The van der Waals surface area contributed by atoms with Crippen molar-refractivity contribution in [3.05, 3.63) is 166 Å². The van der Waals surface area contributed by atoms with Crippen LogP contribution in [0.3, 0.4) is 0 Å². The fourth-order valence-corrected chi connectivity index (χ4v) is 7.06. The number of hydrogen-bond donors (Lipinski definition) is 0. The summed E-state index contributed by atoms with van der Waals surface area (Å²) >= 11 is 0. The molecule has 13 heteroatoms. The van der Waals surface area contributed by atoms with Crippen molar-refractivity contribution in [1.29, 1.82) is 0 Å². The van der Waals surface area contributed by atoms with Gasteiger partial charge in [-0.15, -0.1) is 22.1 Å². The molecule has 2 aliphatic heterocycles. The quantitative estimate of drug-likeness (QED) is 0.165. The maximum absolute atomic E-state index is 15.7. The molecule has 3 aromatic heterocycles. The maximum Gasteiger partial charge on any atom is 2.00 e. The SMILES string of the molecule is Fc1cccc(F)c1-c1c2nc(c(-c3c(F)cccc3F)c3ccc([n-]3)c(-c3c(F)cccc3F)c3nc(c(-c4c(F)cccc4F)c4ccc1[n-]4)C=C3)C=C2.[Pt+2]. The molecule has 282 valence electrons. The van der Waals surface area contributed by atoms with E-state index < -0.39 is 68.8 Å². The summed E-state index contributed by atoms with van der Waals surface area (Å²) in [5, 5.41) is 0. The summed E-state index contributed by atoms with van der Waals surface area (Å²) in [6, 6.07) is 18.3. The van der Waals surface area contributed by atoms with Crippen LogP contribution in [0.5, 0.6) is 0 Å². The van der Waals surface area contributed by atoms with Gasteiger partial charge < -0.3 is 9.97 Å². The molecule has 0 radical (unpaired) electrons. The van der Waals surface area contributed by atoms with Gasteiger partial charge in [-0.1, -0.05) is 48.5 Å². The van der Waals surface area contributed by atoms with Crippen LogP contribution in [-0.2, 0) is 21.1 Å². The molecule has 0 unspecified atom stereocenters. The van der Waals surface area contributed by atoms with E-state index in [1.807, 2.05) is 0 Å². The monoisotopic (exact) mass is 951 g/mol. The number of fused-ring (bicyclic) bond motifs is 8. The molecule has 4 nitrogen and oxygen atoms in total. The topological polar surface area (TPSA) is 54.0 Å². The fraction of sp³-hybridized carbons (Fsp3) is 0. The van der Waals surface area contributed by atoms with E-state index in [0.717, 1.165) is 72.8 Å². The molecule has 5 heterocycles. The predicted molar refractivity (Wildman–Crippen MR) is 198 cm³/mol. The molecule has 2 aliphatic rings. The van der Waals surface area contributed by atoms with E-state index >= 15 is 35.1 Å². The van der Waals surface area contributed by atoms with Crippen LogP contribution in [0, 0.1) is 46.5 Å². The van der Waals surface area contributed by atoms with E-state index in [2.05, 4.69) is 19.9 Å². The second-order valence-corrected chi connectivity index (χ2v) is 12.7. The maximum atomic E-state index is 15.7. The van der Waals surface area contributed by atoms with E-state index in [0.29, 0.717) is 0 Å². The molecule has 9 rings (SSSR count). The molecule has 0 amide bonds. The van der Waals surface area contributed by atoms with Gasteiger partial charge in [0.1, 0.15) is 46.5 Å². The molecule has 0 fully saturated rings. The van der Waals surface area contributed by atoms with Gasteiger partial charge in [0, 0.05) is 0 Å². The zero-order chi connectivity index (χ0) is 38.8. The molecular weight excluding hydrogens is 932 g/mol. The Balaban J connectivity index is 0.00000455. The van der Waals surface area contributed by atoms with Crippen molar-refractivity contribution < 1.29 is 56.2 Å². The molecule has 0 spiro atoms. The minimum atomic E-state index is -0.995. The smallest absolute Gasteiger partial charge is 0.657 e. The molecule has 7 aromatic rings. The number of benzene rings is 4. The first kappa shape index (κ1) is 37.5. The predicted octanol–water partition coefficient (Wildman–Crippen LogP) is 11.7. The van der Waals surface area contributed by atoms with Crippen LogP contribution in [0.2, 0.25) is 0 Å². The van der Waals surface area contributed by atoms with Crippen molar-refractivity contribution in [2.24, 2.45) is 0 Å². The zero-order valence-corrected chi connectivity index (χ0v) is 30.9. The summed E-state index contributed by atoms with van der Waals surface area (Å²) in [6.07, 6.45) is 5.46. The number of rotatable bonds is 4. The van der Waals surface area contributed by atoms with Crippen LogP contribution in [0.15, 0.2) is 97.1 Å². The summed E-state index contributed by atoms with van der Waals surface area (Å²) in [4.78, 5) is 18.5. The third-order valence-electron chi connectivity index (χ3n) is 9.46. The third-order valence-corrected chi connectivity index (χ3v) is 9.46. The molecule has 0 saturated carbocycles. The van der Waals surface area contributed by atoms with Gasteiger partial charge in [-0.05, 0) is 95.1 Å². The van der Waals surface area contributed by atoms with Crippen LogP contribution >= 0.6 is 0 Å². The second kappa shape index (κ2) is 14.6. The van der Waals surface area contributed by atoms with E-state index in [4.69, 9.17) is 0 Å². The molecular formula is C44H20F8N4Pt. The van der Waals surface area contributed by atoms with Crippen LogP contribution < -0.4 is 9.97 Å². The number of aromatic nitrogens is 4. The largest absolute Gasteiger partial charge is 2.00 e. The van der Waals surface area contributed by atoms with Gasteiger partial charge in [0.25, 0.3) is 0 Å². The average Bonchev–Trinajstić information content (AvgIpc) is 4.00. The first-order valence-electron chi connectivity index (χ1n) is 16.9. The molecule has 0 N–H and O–H groups in total. The minimum Gasteiger partial charge on any atom is -0.657 e. The standard InChI is InChI=1S/C44H20F8N4.Pt/c45-21-5-1-6-22(46)37(21)41-29-13-15-31(53-29)42(38-23(47)7-2-8-24(38)48)33-17-19-35(55-33)44(40-27(51)11-4-12-28(40)52)36-20-18-34(56-36)43(32-16-14-30(41)54-32)39-25(49)9-3-10-26(39)50;/h1-20H;/q-2;+2. The number of nitrogens with zero attached hydrogens (tertiary/aromatic N) is 4. The first-order valence-corrected chi connectivity index (χ1v) is 16.9. The van der Waals surface area contributed by atoms with Gasteiger partial charge in [0.15, 0.2) is 0 Å². The molecule has 57 heavy (non-hydrogen) atoms. The van der Waals surface area contributed by atoms with E-state index in [1.165, 1.54) is 48.6 Å². The van der Waals surface area contributed by atoms with Crippen molar-refractivity contribution in [2.45, 2.75) is 0 Å². The van der Waals surface area contributed by atoms with Gasteiger partial charge in [0.2, 0.25) is 0 Å². The van der Waals surface area contributed by atoms with E-state index in [9.17, 15) is 0 Å². The van der Waals surface area contributed by atoms with Crippen molar-refractivity contribution in [1.82, 2.24) is 19.9 Å². The summed E-state index contributed by atoms with van der Waals surface area (Å²) < 4.78 is 125. The fourth-order valence-electron chi connectivity index (χ4n) is 7.06. The van der Waals surface area contributed by atoms with E-state index in [-0.39, 0.29) is 88.2 Å². The Bertz CT molecular complexity index is 2560. The van der Waals surface area contributed by atoms with Gasteiger partial charge in [-0.2, -0.15) is 0 Å². The molecule has 4 aromatic carbocycles. The average molecular weight is 952 g/mol. The van der Waals surface area contributed by atoms with Crippen LogP contribution in [0.4, 0.5) is 35.1 Å². The molecule has 0 saturated heterocycles. The Morgan fingerprint density at radius 3 is 0.667 bits per heavy atom. The Morgan fingerprint density at radius 1 is 0.281 bits per heavy atom. The number of halogens is 8. The Hall–Kier alpha value is -6.39. The summed E-state index contributed by atoms with van der Waals surface area (Å²) in [7, 11) is 0. The van der Waals surface area contributed by atoms with Crippen molar-refractivity contribution in [3.63, 3.8) is 0 Å². The summed E-state index contributed by atoms with van der Waals surface area (Å²) in [5.74, 6) is -7.96. The van der Waals surface area contributed by atoms with Crippen LogP contribution in [0.1, 0.15) is 22.8 Å². The number of hydrogen-bond acceptors (Lipinski definition) is 2. The van der Waals surface area contributed by atoms with Gasteiger partial charge in [-0.25, -0.2) is 45.1 Å². The van der Waals surface area contributed by atoms with Crippen molar-refractivity contribution >= 4 is 46.4 Å². The first-order chi connectivity index (χ1) is 27.1.